The molecule has 1 heteroatoms. The van der Waals surface area contributed by atoms with Gasteiger partial charge in [-0.1, -0.05) is 53.4 Å². The first kappa shape index (κ1) is 13.4. The van der Waals surface area contributed by atoms with Crippen LogP contribution in [0.5, 0.6) is 0 Å². The first-order chi connectivity index (χ1) is 8.01. The van der Waals surface area contributed by atoms with E-state index in [4.69, 9.17) is 0 Å². The molecule has 0 aromatic carbocycles. The molecule has 17 heavy (non-hydrogen) atoms. The van der Waals surface area contributed by atoms with Crippen LogP contribution in [0.4, 0.5) is 0 Å². The topological polar surface area (TPSA) is 12.0 Å². The van der Waals surface area contributed by atoms with Crippen LogP contribution in [0, 0.1) is 11.8 Å². The van der Waals surface area contributed by atoms with E-state index in [9.17, 15) is 0 Å². The Kier molecular flexibility index (Phi) is 3.87. The van der Waals surface area contributed by atoms with E-state index in [0.29, 0.717) is 11.1 Å². The van der Waals surface area contributed by atoms with E-state index in [1.165, 1.54) is 51.4 Å². The minimum atomic E-state index is 0.453. The van der Waals surface area contributed by atoms with Crippen LogP contribution in [-0.4, -0.2) is 11.1 Å². The quantitative estimate of drug-likeness (QED) is 0.758. The Hall–Kier alpha value is -0.0400. The summed E-state index contributed by atoms with van der Waals surface area (Å²) >= 11 is 0. The molecule has 0 unspecified atom stereocenters. The molecule has 1 N–H and O–H groups in total. The molecule has 2 rings (SSSR count). The highest BCUT2D eigenvalue weighted by atomic mass is 15.1. The molecule has 0 aromatic rings. The third kappa shape index (κ3) is 2.41. The standard InChI is InChI=1S/C16H31N/c1-13(2)15(9-5-6-10-15)17-16(14(3)4)11-7-8-12-16/h13-14,17H,5-12H2,1-4H3. The zero-order chi connectivity index (χ0) is 12.5. The molecule has 2 aliphatic carbocycles. The van der Waals surface area contributed by atoms with Gasteiger partial charge in [0.2, 0.25) is 0 Å². The second-order valence-corrected chi connectivity index (χ2v) is 7.16. The van der Waals surface area contributed by atoms with Crippen LogP contribution in [0.3, 0.4) is 0 Å². The SMILES string of the molecule is CC(C)C1(NC2(C(C)C)CCCC2)CCCC1. The number of hydrogen-bond donors (Lipinski definition) is 1. The average molecular weight is 237 g/mol. The Bertz CT molecular complexity index is 216. The maximum absolute atomic E-state index is 4.20. The summed E-state index contributed by atoms with van der Waals surface area (Å²) in [6.07, 6.45) is 11.3. The zero-order valence-electron chi connectivity index (χ0n) is 12.3. The molecule has 0 atom stereocenters. The summed E-state index contributed by atoms with van der Waals surface area (Å²) < 4.78 is 0. The fraction of sp³-hybridized carbons (Fsp3) is 1.00. The van der Waals surface area contributed by atoms with Crippen molar-refractivity contribution in [2.45, 2.75) is 90.1 Å². The van der Waals surface area contributed by atoms with Gasteiger partial charge in [0.05, 0.1) is 0 Å². The molecule has 0 radical (unpaired) electrons. The first-order valence-electron chi connectivity index (χ1n) is 7.80. The van der Waals surface area contributed by atoms with E-state index in [-0.39, 0.29) is 0 Å². The molecular formula is C16H31N. The van der Waals surface area contributed by atoms with Gasteiger partial charge < -0.3 is 5.32 Å². The monoisotopic (exact) mass is 237 g/mol. The fourth-order valence-corrected chi connectivity index (χ4v) is 4.20. The van der Waals surface area contributed by atoms with E-state index in [2.05, 4.69) is 33.0 Å². The zero-order valence-corrected chi connectivity index (χ0v) is 12.3. The van der Waals surface area contributed by atoms with E-state index in [0.717, 1.165) is 11.8 Å². The van der Waals surface area contributed by atoms with Gasteiger partial charge in [-0.15, -0.1) is 0 Å². The highest BCUT2D eigenvalue weighted by molar-refractivity contribution is 5.05. The van der Waals surface area contributed by atoms with Crippen molar-refractivity contribution in [2.24, 2.45) is 11.8 Å². The number of nitrogens with one attached hydrogen (secondary N) is 1. The molecule has 0 amide bonds. The van der Waals surface area contributed by atoms with Gasteiger partial charge in [-0.25, -0.2) is 0 Å². The van der Waals surface area contributed by atoms with Gasteiger partial charge in [-0.05, 0) is 37.5 Å². The fourth-order valence-electron chi connectivity index (χ4n) is 4.20. The van der Waals surface area contributed by atoms with Crippen molar-refractivity contribution in [3.05, 3.63) is 0 Å². The molecule has 0 bridgehead atoms. The van der Waals surface area contributed by atoms with Crippen LogP contribution in [0.1, 0.15) is 79.1 Å². The number of rotatable bonds is 4. The molecule has 1 nitrogen and oxygen atoms in total. The summed E-state index contributed by atoms with van der Waals surface area (Å²) in [4.78, 5) is 0. The van der Waals surface area contributed by atoms with Crippen molar-refractivity contribution in [2.75, 3.05) is 0 Å². The van der Waals surface area contributed by atoms with Crippen molar-refractivity contribution >= 4 is 0 Å². The summed E-state index contributed by atoms with van der Waals surface area (Å²) in [6.45, 7) is 9.67. The van der Waals surface area contributed by atoms with Gasteiger partial charge in [0, 0.05) is 11.1 Å². The highest BCUT2D eigenvalue weighted by Crippen LogP contribution is 2.43. The lowest BCUT2D eigenvalue weighted by molar-refractivity contribution is 0.122. The van der Waals surface area contributed by atoms with Crippen molar-refractivity contribution in [3.63, 3.8) is 0 Å². The smallest absolute Gasteiger partial charge is 0.0209 e. The van der Waals surface area contributed by atoms with Gasteiger partial charge >= 0.3 is 0 Å². The maximum Gasteiger partial charge on any atom is 0.0209 e. The van der Waals surface area contributed by atoms with Gasteiger partial charge in [0.1, 0.15) is 0 Å². The van der Waals surface area contributed by atoms with Crippen LogP contribution in [0.15, 0.2) is 0 Å². The van der Waals surface area contributed by atoms with Gasteiger partial charge in [-0.3, -0.25) is 0 Å². The lowest BCUT2D eigenvalue weighted by Crippen LogP contribution is -2.60. The van der Waals surface area contributed by atoms with E-state index >= 15 is 0 Å². The van der Waals surface area contributed by atoms with E-state index in [1.54, 1.807) is 0 Å². The van der Waals surface area contributed by atoms with Crippen molar-refractivity contribution in [1.29, 1.82) is 0 Å². The highest BCUT2D eigenvalue weighted by Gasteiger charge is 2.46. The van der Waals surface area contributed by atoms with Crippen molar-refractivity contribution < 1.29 is 0 Å². The molecule has 0 aromatic heterocycles. The minimum absolute atomic E-state index is 0.453. The largest absolute Gasteiger partial charge is 0.305 e. The second-order valence-electron chi connectivity index (χ2n) is 7.16. The summed E-state index contributed by atoms with van der Waals surface area (Å²) in [5.74, 6) is 1.56. The Balaban J connectivity index is 2.16. The molecule has 0 heterocycles. The third-order valence-electron chi connectivity index (χ3n) is 5.70. The second kappa shape index (κ2) is 4.91. The van der Waals surface area contributed by atoms with E-state index in [1.807, 2.05) is 0 Å². The third-order valence-corrected chi connectivity index (χ3v) is 5.70. The number of hydrogen-bond acceptors (Lipinski definition) is 1. The van der Waals surface area contributed by atoms with Gasteiger partial charge in [0.15, 0.2) is 0 Å². The van der Waals surface area contributed by atoms with Gasteiger partial charge in [-0.2, -0.15) is 0 Å². The van der Waals surface area contributed by atoms with Crippen LogP contribution < -0.4 is 5.32 Å². The Morgan fingerprint density at radius 3 is 1.18 bits per heavy atom. The summed E-state index contributed by atoms with van der Waals surface area (Å²) in [7, 11) is 0. The lowest BCUT2D eigenvalue weighted by atomic mass is 9.77. The summed E-state index contributed by atoms with van der Waals surface area (Å²) in [5.41, 5.74) is 0.906. The van der Waals surface area contributed by atoms with Crippen LogP contribution in [-0.2, 0) is 0 Å². The van der Waals surface area contributed by atoms with Crippen molar-refractivity contribution in [1.82, 2.24) is 5.32 Å². The predicted octanol–water partition coefficient (Wildman–Crippen LogP) is 4.51. The van der Waals surface area contributed by atoms with Crippen LogP contribution in [0.2, 0.25) is 0 Å². The normalized spacial score (nSPS) is 27.2. The molecule has 2 fully saturated rings. The maximum atomic E-state index is 4.20. The molecule has 0 spiro atoms. The average Bonchev–Trinajstić information content (AvgIpc) is 2.88. The first-order valence-corrected chi connectivity index (χ1v) is 7.80. The van der Waals surface area contributed by atoms with Crippen molar-refractivity contribution in [3.8, 4) is 0 Å². The Morgan fingerprint density at radius 1 is 0.647 bits per heavy atom. The van der Waals surface area contributed by atoms with Crippen LogP contribution in [0.25, 0.3) is 0 Å². The Labute approximate surface area is 108 Å². The lowest BCUT2D eigenvalue weighted by Gasteiger charge is -2.46. The summed E-state index contributed by atoms with van der Waals surface area (Å²) in [6, 6.07) is 0. The molecule has 100 valence electrons. The molecule has 2 aliphatic rings. The molecule has 0 saturated heterocycles. The molecule has 0 aliphatic heterocycles. The van der Waals surface area contributed by atoms with E-state index < -0.39 is 0 Å². The minimum Gasteiger partial charge on any atom is -0.305 e. The predicted molar refractivity (Wildman–Crippen MR) is 75.2 cm³/mol. The Morgan fingerprint density at radius 2 is 0.941 bits per heavy atom. The molecular weight excluding hydrogens is 206 g/mol. The van der Waals surface area contributed by atoms with Crippen LogP contribution >= 0.6 is 0 Å². The molecule has 2 saturated carbocycles. The van der Waals surface area contributed by atoms with Gasteiger partial charge in [0.25, 0.3) is 0 Å². The summed E-state index contributed by atoms with van der Waals surface area (Å²) in [5, 5.41) is 4.20.